The highest BCUT2D eigenvalue weighted by atomic mass is 35.5. The van der Waals surface area contributed by atoms with Gasteiger partial charge in [0.2, 0.25) is 15.9 Å². The summed E-state index contributed by atoms with van der Waals surface area (Å²) in [5.41, 5.74) is 1.10. The van der Waals surface area contributed by atoms with E-state index in [2.05, 4.69) is 31.4 Å². The predicted molar refractivity (Wildman–Crippen MR) is 113 cm³/mol. The first-order valence-electron chi connectivity index (χ1n) is 9.77. The molecule has 2 N–H and O–H groups in total. The molecular weight excluding hydrogens is 398 g/mol. The topological polar surface area (TPSA) is 78.5 Å². The Morgan fingerprint density at radius 2 is 1.71 bits per heavy atom. The molecule has 6 nitrogen and oxygen atoms in total. The SMILES string of the molecule is CC(C)(C)c1ccc(S(=O)(=O)N2CCC(C(=O)NCC3CNC3)CC2)cc1.Cl. The van der Waals surface area contributed by atoms with Crippen molar-refractivity contribution in [2.75, 3.05) is 32.7 Å². The van der Waals surface area contributed by atoms with E-state index in [0.717, 1.165) is 18.7 Å². The monoisotopic (exact) mass is 429 g/mol. The van der Waals surface area contributed by atoms with Crippen molar-refractivity contribution < 1.29 is 13.2 Å². The van der Waals surface area contributed by atoms with Crippen molar-refractivity contribution >= 4 is 28.3 Å². The fourth-order valence-corrected chi connectivity index (χ4v) is 4.99. The van der Waals surface area contributed by atoms with Crippen molar-refractivity contribution in [3.05, 3.63) is 29.8 Å². The lowest BCUT2D eigenvalue weighted by atomic mass is 9.87. The van der Waals surface area contributed by atoms with Crippen molar-refractivity contribution in [2.45, 2.75) is 43.9 Å². The van der Waals surface area contributed by atoms with Gasteiger partial charge in [-0.2, -0.15) is 4.31 Å². The fraction of sp³-hybridized carbons (Fsp3) is 0.650. The maximum atomic E-state index is 12.9. The third-order valence-corrected chi connectivity index (χ3v) is 7.53. The molecule has 0 bridgehead atoms. The fourth-order valence-electron chi connectivity index (χ4n) is 3.52. The maximum Gasteiger partial charge on any atom is 0.243 e. The normalized spacial score (nSPS) is 19.5. The first-order valence-corrected chi connectivity index (χ1v) is 11.2. The van der Waals surface area contributed by atoms with Crippen LogP contribution in [0.4, 0.5) is 0 Å². The minimum absolute atomic E-state index is 0. The van der Waals surface area contributed by atoms with E-state index in [1.807, 2.05) is 12.1 Å². The molecule has 2 aliphatic heterocycles. The van der Waals surface area contributed by atoms with Crippen LogP contribution >= 0.6 is 12.4 Å². The minimum Gasteiger partial charge on any atom is -0.355 e. The van der Waals surface area contributed by atoms with Crippen molar-refractivity contribution in [3.63, 3.8) is 0 Å². The van der Waals surface area contributed by atoms with Crippen LogP contribution in [-0.2, 0) is 20.2 Å². The number of hydrogen-bond acceptors (Lipinski definition) is 4. The number of nitrogens with zero attached hydrogens (tertiary/aromatic N) is 1. The number of rotatable bonds is 5. The van der Waals surface area contributed by atoms with Crippen LogP contribution in [0, 0.1) is 11.8 Å². The Morgan fingerprint density at radius 3 is 2.18 bits per heavy atom. The van der Waals surface area contributed by atoms with Crippen LogP contribution in [0.1, 0.15) is 39.2 Å². The van der Waals surface area contributed by atoms with Crippen molar-refractivity contribution in [3.8, 4) is 0 Å². The zero-order valence-corrected chi connectivity index (χ0v) is 18.5. The molecule has 0 aromatic heterocycles. The van der Waals surface area contributed by atoms with E-state index < -0.39 is 10.0 Å². The Balaban J connectivity index is 0.00000280. The second-order valence-corrected chi connectivity index (χ2v) is 10.7. The Hall–Kier alpha value is -1.15. The van der Waals surface area contributed by atoms with Crippen LogP contribution in [0.5, 0.6) is 0 Å². The van der Waals surface area contributed by atoms with Gasteiger partial charge in [-0.3, -0.25) is 4.79 Å². The molecule has 1 aromatic carbocycles. The lowest BCUT2D eigenvalue weighted by Gasteiger charge is -2.32. The number of carbonyl (C=O) groups excluding carboxylic acids is 1. The summed E-state index contributed by atoms with van der Waals surface area (Å²) in [7, 11) is -3.50. The van der Waals surface area contributed by atoms with E-state index in [1.165, 1.54) is 4.31 Å². The van der Waals surface area contributed by atoms with E-state index in [0.29, 0.717) is 43.3 Å². The highest BCUT2D eigenvalue weighted by Crippen LogP contribution is 2.27. The zero-order valence-electron chi connectivity index (χ0n) is 16.9. The molecule has 28 heavy (non-hydrogen) atoms. The molecule has 0 atom stereocenters. The first-order chi connectivity index (χ1) is 12.7. The van der Waals surface area contributed by atoms with Crippen molar-refractivity contribution in [1.29, 1.82) is 0 Å². The van der Waals surface area contributed by atoms with Gasteiger partial charge in [-0.15, -0.1) is 12.4 Å². The molecule has 2 saturated heterocycles. The largest absolute Gasteiger partial charge is 0.355 e. The van der Waals surface area contributed by atoms with Crippen LogP contribution in [0.25, 0.3) is 0 Å². The Kier molecular flexibility index (Phi) is 7.53. The lowest BCUT2D eigenvalue weighted by molar-refractivity contribution is -0.126. The van der Waals surface area contributed by atoms with E-state index in [-0.39, 0.29) is 29.6 Å². The van der Waals surface area contributed by atoms with Gasteiger partial charge in [0.15, 0.2) is 0 Å². The summed E-state index contributed by atoms with van der Waals surface area (Å²) in [6, 6.07) is 7.17. The number of hydrogen-bond donors (Lipinski definition) is 2. The molecule has 1 aromatic rings. The van der Waals surface area contributed by atoms with Gasteiger partial charge in [-0.05, 0) is 36.0 Å². The molecule has 0 unspecified atom stereocenters. The van der Waals surface area contributed by atoms with E-state index in [4.69, 9.17) is 0 Å². The number of halogens is 1. The highest BCUT2D eigenvalue weighted by Gasteiger charge is 2.32. The number of benzene rings is 1. The summed E-state index contributed by atoms with van der Waals surface area (Å²) in [6.07, 6.45) is 1.15. The van der Waals surface area contributed by atoms with Gasteiger partial charge in [-0.1, -0.05) is 32.9 Å². The summed E-state index contributed by atoms with van der Waals surface area (Å²) in [5, 5.41) is 6.20. The number of amides is 1. The Bertz CT molecular complexity index is 763. The van der Waals surface area contributed by atoms with Crippen LogP contribution in [0.2, 0.25) is 0 Å². The molecule has 1 amide bonds. The number of sulfonamides is 1. The van der Waals surface area contributed by atoms with Crippen LogP contribution < -0.4 is 10.6 Å². The molecule has 0 radical (unpaired) electrons. The van der Waals surface area contributed by atoms with Crippen LogP contribution in [-0.4, -0.2) is 51.4 Å². The smallest absolute Gasteiger partial charge is 0.243 e. The van der Waals surface area contributed by atoms with E-state index in [1.54, 1.807) is 12.1 Å². The third-order valence-electron chi connectivity index (χ3n) is 5.61. The quantitative estimate of drug-likeness (QED) is 0.751. The van der Waals surface area contributed by atoms with Gasteiger partial charge >= 0.3 is 0 Å². The van der Waals surface area contributed by atoms with E-state index >= 15 is 0 Å². The summed E-state index contributed by atoms with van der Waals surface area (Å²) < 4.78 is 27.3. The minimum atomic E-state index is -3.50. The summed E-state index contributed by atoms with van der Waals surface area (Å²) in [6.45, 7) is 9.74. The molecule has 8 heteroatoms. The Morgan fingerprint density at radius 1 is 1.14 bits per heavy atom. The maximum absolute atomic E-state index is 12.9. The molecular formula is C20H32ClN3O3S. The number of piperidine rings is 1. The second-order valence-electron chi connectivity index (χ2n) is 8.72. The first kappa shape index (κ1) is 23.1. The molecule has 0 aliphatic carbocycles. The average molecular weight is 430 g/mol. The van der Waals surface area contributed by atoms with Gasteiger partial charge in [-0.25, -0.2) is 8.42 Å². The molecule has 2 fully saturated rings. The van der Waals surface area contributed by atoms with Crippen molar-refractivity contribution in [2.24, 2.45) is 11.8 Å². The second kappa shape index (κ2) is 9.11. The predicted octanol–water partition coefficient (Wildman–Crippen LogP) is 2.14. The lowest BCUT2D eigenvalue weighted by Crippen LogP contribution is -2.50. The standard InChI is InChI=1S/C20H31N3O3S.ClH/c1-20(2,3)17-4-6-18(7-5-17)27(25,26)23-10-8-16(9-11-23)19(24)22-14-15-12-21-13-15;/h4-7,15-16,21H,8-14H2,1-3H3,(H,22,24);1H. The molecule has 0 saturated carbocycles. The molecule has 0 spiro atoms. The van der Waals surface area contributed by atoms with Gasteiger partial charge < -0.3 is 10.6 Å². The van der Waals surface area contributed by atoms with Gasteiger partial charge in [0.25, 0.3) is 0 Å². The van der Waals surface area contributed by atoms with Crippen molar-refractivity contribution in [1.82, 2.24) is 14.9 Å². The van der Waals surface area contributed by atoms with E-state index in [9.17, 15) is 13.2 Å². The third kappa shape index (κ3) is 5.26. The number of carbonyl (C=O) groups is 1. The molecule has 2 heterocycles. The summed E-state index contributed by atoms with van der Waals surface area (Å²) in [5.74, 6) is 0.506. The Labute approximate surface area is 174 Å². The summed E-state index contributed by atoms with van der Waals surface area (Å²) in [4.78, 5) is 12.6. The molecule has 3 rings (SSSR count). The van der Waals surface area contributed by atoms with Crippen LogP contribution in [0.3, 0.4) is 0 Å². The van der Waals surface area contributed by atoms with Gasteiger partial charge in [0, 0.05) is 44.6 Å². The molecule has 2 aliphatic rings. The average Bonchev–Trinajstić information content (AvgIpc) is 2.60. The summed E-state index contributed by atoms with van der Waals surface area (Å²) >= 11 is 0. The molecule has 158 valence electrons. The highest BCUT2D eigenvalue weighted by molar-refractivity contribution is 7.89. The zero-order chi connectivity index (χ0) is 19.7. The van der Waals surface area contributed by atoms with Crippen LogP contribution in [0.15, 0.2) is 29.2 Å². The number of nitrogens with one attached hydrogen (secondary N) is 2. The van der Waals surface area contributed by atoms with Gasteiger partial charge in [0.05, 0.1) is 4.90 Å². The van der Waals surface area contributed by atoms with Gasteiger partial charge in [0.1, 0.15) is 0 Å².